The number of hydrogen-bond donors (Lipinski definition) is 1. The van der Waals surface area contributed by atoms with Crippen LogP contribution in [0, 0.1) is 0 Å². The highest BCUT2D eigenvalue weighted by Gasteiger charge is 2.36. The summed E-state index contributed by atoms with van der Waals surface area (Å²) in [7, 11) is 3.24. The van der Waals surface area contributed by atoms with Gasteiger partial charge in [-0.15, -0.1) is 0 Å². The van der Waals surface area contributed by atoms with E-state index < -0.39 is 29.5 Å². The van der Waals surface area contributed by atoms with E-state index in [4.69, 9.17) is 14.2 Å². The maximum Gasteiger partial charge on any atom is 0.411 e. The Morgan fingerprint density at radius 2 is 1.95 bits per heavy atom. The van der Waals surface area contributed by atoms with Crippen molar-refractivity contribution in [3.8, 4) is 11.4 Å². The SMILES string of the molecule is CCOC(=O)c1nc(N(C)[C@H]2CCCN2C(=O)OC(C)(C)C)nc2c1[nH]c(=O)n2-c1ccccc1OC. The fraction of sp³-hybridized carbons (Fsp3) is 0.480. The maximum absolute atomic E-state index is 13.1. The first kappa shape index (κ1) is 26.0. The maximum atomic E-state index is 13.1. The van der Waals surface area contributed by atoms with Crippen molar-refractivity contribution in [1.29, 1.82) is 0 Å². The molecule has 0 spiro atoms. The number of fused-ring (bicyclic) bond motifs is 1. The highest BCUT2D eigenvalue weighted by atomic mass is 16.6. The number of hydrogen-bond acceptors (Lipinski definition) is 9. The summed E-state index contributed by atoms with van der Waals surface area (Å²) in [4.78, 5) is 54.0. The van der Waals surface area contributed by atoms with Gasteiger partial charge in [0.05, 0.1) is 19.4 Å². The predicted octanol–water partition coefficient (Wildman–Crippen LogP) is 3.09. The minimum absolute atomic E-state index is 0.0822. The van der Waals surface area contributed by atoms with Crippen molar-refractivity contribution in [2.45, 2.75) is 52.3 Å². The van der Waals surface area contributed by atoms with Gasteiger partial charge in [0.2, 0.25) is 5.95 Å². The molecule has 1 saturated heterocycles. The van der Waals surface area contributed by atoms with Gasteiger partial charge in [0.25, 0.3) is 0 Å². The van der Waals surface area contributed by atoms with Crippen molar-refractivity contribution >= 4 is 29.2 Å². The first-order valence-electron chi connectivity index (χ1n) is 12.1. The van der Waals surface area contributed by atoms with Crippen LogP contribution in [0.15, 0.2) is 29.1 Å². The molecule has 1 N–H and O–H groups in total. The summed E-state index contributed by atoms with van der Waals surface area (Å²) >= 11 is 0. The molecule has 0 saturated carbocycles. The molecule has 12 heteroatoms. The molecule has 1 atom stereocenters. The number of H-pyrrole nitrogens is 1. The second-order valence-corrected chi connectivity index (χ2v) is 9.64. The molecule has 0 unspecified atom stereocenters. The largest absolute Gasteiger partial charge is 0.495 e. The van der Waals surface area contributed by atoms with E-state index in [-0.39, 0.29) is 29.4 Å². The molecule has 3 heterocycles. The first-order chi connectivity index (χ1) is 17.6. The number of esters is 1. The van der Waals surface area contributed by atoms with Crippen LogP contribution >= 0.6 is 0 Å². The monoisotopic (exact) mass is 512 g/mol. The van der Waals surface area contributed by atoms with Crippen LogP contribution in [-0.2, 0) is 9.47 Å². The van der Waals surface area contributed by atoms with E-state index in [1.807, 2.05) is 20.8 Å². The van der Waals surface area contributed by atoms with Gasteiger partial charge in [-0.25, -0.2) is 23.9 Å². The Morgan fingerprint density at radius 3 is 2.62 bits per heavy atom. The third kappa shape index (κ3) is 5.09. The van der Waals surface area contributed by atoms with E-state index in [2.05, 4.69) is 15.0 Å². The molecule has 1 amide bonds. The van der Waals surface area contributed by atoms with Crippen molar-refractivity contribution in [1.82, 2.24) is 24.4 Å². The zero-order valence-corrected chi connectivity index (χ0v) is 21.9. The van der Waals surface area contributed by atoms with E-state index in [1.165, 1.54) is 11.7 Å². The minimum Gasteiger partial charge on any atom is -0.495 e. The van der Waals surface area contributed by atoms with Crippen LogP contribution < -0.4 is 15.3 Å². The Morgan fingerprint density at radius 1 is 1.22 bits per heavy atom. The third-order valence-corrected chi connectivity index (χ3v) is 5.93. The fourth-order valence-corrected chi connectivity index (χ4v) is 4.33. The number of amides is 1. The van der Waals surface area contributed by atoms with Gasteiger partial charge >= 0.3 is 17.8 Å². The Balaban J connectivity index is 1.86. The Bertz CT molecular complexity index is 1370. The number of nitrogens with one attached hydrogen (secondary N) is 1. The molecule has 198 valence electrons. The quantitative estimate of drug-likeness (QED) is 0.495. The van der Waals surface area contributed by atoms with Gasteiger partial charge in [-0.3, -0.25) is 4.90 Å². The van der Waals surface area contributed by atoms with Gasteiger partial charge in [-0.2, -0.15) is 4.98 Å². The van der Waals surface area contributed by atoms with Crippen molar-refractivity contribution in [3.63, 3.8) is 0 Å². The van der Waals surface area contributed by atoms with Crippen LogP contribution in [0.25, 0.3) is 16.9 Å². The molecule has 0 aliphatic carbocycles. The van der Waals surface area contributed by atoms with Gasteiger partial charge in [-0.05, 0) is 52.7 Å². The summed E-state index contributed by atoms with van der Waals surface area (Å²) in [6, 6.07) is 6.98. The lowest BCUT2D eigenvalue weighted by atomic mass is 10.2. The summed E-state index contributed by atoms with van der Waals surface area (Å²) < 4.78 is 17.6. The van der Waals surface area contributed by atoms with Gasteiger partial charge in [-0.1, -0.05) is 12.1 Å². The minimum atomic E-state index is -0.701. The number of para-hydroxylation sites is 2. The van der Waals surface area contributed by atoms with Crippen molar-refractivity contribution in [2.24, 2.45) is 0 Å². The fourth-order valence-electron chi connectivity index (χ4n) is 4.33. The molecule has 0 radical (unpaired) electrons. The van der Waals surface area contributed by atoms with E-state index in [9.17, 15) is 14.4 Å². The van der Waals surface area contributed by atoms with Crippen LogP contribution in [0.5, 0.6) is 5.75 Å². The van der Waals surface area contributed by atoms with Gasteiger partial charge in [0.1, 0.15) is 23.0 Å². The summed E-state index contributed by atoms with van der Waals surface area (Å²) in [6.45, 7) is 7.75. The van der Waals surface area contributed by atoms with E-state index in [0.717, 1.165) is 6.42 Å². The summed E-state index contributed by atoms with van der Waals surface area (Å²) in [5, 5.41) is 0. The molecule has 1 aliphatic rings. The summed E-state index contributed by atoms with van der Waals surface area (Å²) in [6.07, 6.45) is 0.559. The Hall–Kier alpha value is -4.09. The number of aromatic amines is 1. The molecular formula is C25H32N6O6. The number of carbonyl (C=O) groups is 2. The Kier molecular flexibility index (Phi) is 7.10. The van der Waals surface area contributed by atoms with Crippen molar-refractivity contribution in [3.05, 3.63) is 40.4 Å². The first-order valence-corrected chi connectivity index (χ1v) is 12.1. The number of aromatic nitrogens is 4. The van der Waals surface area contributed by atoms with Crippen LogP contribution in [0.2, 0.25) is 0 Å². The second kappa shape index (κ2) is 10.1. The smallest absolute Gasteiger partial charge is 0.411 e. The molecule has 3 aromatic rings. The molecular weight excluding hydrogens is 480 g/mol. The van der Waals surface area contributed by atoms with Crippen LogP contribution in [-0.4, -0.2) is 75.6 Å². The number of anilines is 1. The summed E-state index contributed by atoms with van der Waals surface area (Å²) in [5.41, 5.74) is -0.486. The highest BCUT2D eigenvalue weighted by molar-refractivity contribution is 6.00. The van der Waals surface area contributed by atoms with Gasteiger partial charge in [0, 0.05) is 13.6 Å². The molecule has 0 bridgehead atoms. The third-order valence-electron chi connectivity index (χ3n) is 5.93. The number of methoxy groups -OCH3 is 1. The number of ether oxygens (including phenoxy) is 3. The molecule has 1 aliphatic heterocycles. The number of carbonyl (C=O) groups excluding carboxylic acids is 2. The average Bonchev–Trinajstić information content (AvgIpc) is 3.46. The van der Waals surface area contributed by atoms with Crippen LogP contribution in [0.4, 0.5) is 10.7 Å². The number of rotatable bonds is 6. The van der Waals surface area contributed by atoms with E-state index >= 15 is 0 Å². The summed E-state index contributed by atoms with van der Waals surface area (Å²) in [5.74, 6) is -0.101. The van der Waals surface area contributed by atoms with E-state index in [0.29, 0.717) is 24.4 Å². The molecule has 1 aromatic carbocycles. The molecule has 1 fully saturated rings. The molecule has 4 rings (SSSR count). The molecule has 12 nitrogen and oxygen atoms in total. The van der Waals surface area contributed by atoms with Crippen LogP contribution in [0.1, 0.15) is 51.0 Å². The average molecular weight is 513 g/mol. The van der Waals surface area contributed by atoms with Crippen molar-refractivity contribution < 1.29 is 23.8 Å². The number of benzene rings is 1. The van der Waals surface area contributed by atoms with Gasteiger partial charge < -0.3 is 24.1 Å². The highest BCUT2D eigenvalue weighted by Crippen LogP contribution is 2.29. The topological polar surface area (TPSA) is 132 Å². The number of likely N-dealkylation sites (tertiary alicyclic amines) is 1. The van der Waals surface area contributed by atoms with E-state index in [1.54, 1.807) is 48.0 Å². The van der Waals surface area contributed by atoms with Crippen LogP contribution in [0.3, 0.4) is 0 Å². The molecule has 2 aromatic heterocycles. The zero-order valence-electron chi connectivity index (χ0n) is 21.9. The standard InChI is InChI=1S/C25H32N6O6/c1-7-36-21(32)19-18-20(31(23(33)27-18)15-11-8-9-12-16(15)35-6)28-22(26-19)29(5)17-13-10-14-30(17)24(34)37-25(2,3)4/h8-9,11-12,17H,7,10,13-14H2,1-6H3,(H,27,33)/t17-/m1/s1. The zero-order chi connectivity index (χ0) is 26.9. The lowest BCUT2D eigenvalue weighted by molar-refractivity contribution is 0.0225. The van der Waals surface area contributed by atoms with Crippen molar-refractivity contribution in [2.75, 3.05) is 32.2 Å². The van der Waals surface area contributed by atoms with Gasteiger partial charge in [0.15, 0.2) is 11.3 Å². The normalized spacial score (nSPS) is 15.6. The number of imidazole rings is 1. The number of nitrogens with zero attached hydrogens (tertiary/aromatic N) is 5. The second-order valence-electron chi connectivity index (χ2n) is 9.64. The molecule has 37 heavy (non-hydrogen) atoms. The predicted molar refractivity (Wildman–Crippen MR) is 136 cm³/mol. The lowest BCUT2D eigenvalue weighted by Crippen LogP contribution is -2.48. The Labute approximate surface area is 214 Å². The lowest BCUT2D eigenvalue weighted by Gasteiger charge is -2.33.